The molecule has 2 rings (SSSR count). The van der Waals surface area contributed by atoms with E-state index in [9.17, 15) is 0 Å². The summed E-state index contributed by atoms with van der Waals surface area (Å²) in [6.45, 7) is 10.2. The van der Waals surface area contributed by atoms with Gasteiger partial charge in [-0.2, -0.15) is 0 Å². The highest BCUT2D eigenvalue weighted by atomic mass is 15.2. The summed E-state index contributed by atoms with van der Waals surface area (Å²) in [5, 5.41) is 3.47. The third kappa shape index (κ3) is 4.40. The van der Waals surface area contributed by atoms with Crippen LogP contribution in [0.5, 0.6) is 0 Å². The van der Waals surface area contributed by atoms with Crippen molar-refractivity contribution in [1.29, 1.82) is 0 Å². The first kappa shape index (κ1) is 12.3. The molecule has 2 aliphatic rings. The highest BCUT2D eigenvalue weighted by molar-refractivity contribution is 4.69. The Morgan fingerprint density at radius 1 is 0.625 bits per heavy atom. The van der Waals surface area contributed by atoms with Gasteiger partial charge in [0.05, 0.1) is 0 Å². The lowest BCUT2D eigenvalue weighted by molar-refractivity contribution is 0.215. The molecule has 94 valence electrons. The topological polar surface area (TPSA) is 18.5 Å². The second-order valence-corrected chi connectivity index (χ2v) is 5.20. The molecule has 2 fully saturated rings. The zero-order valence-corrected chi connectivity index (χ0v) is 10.6. The van der Waals surface area contributed by atoms with E-state index in [1.165, 1.54) is 84.5 Å². The van der Waals surface area contributed by atoms with Gasteiger partial charge < -0.3 is 15.1 Å². The van der Waals surface area contributed by atoms with Gasteiger partial charge in [-0.25, -0.2) is 0 Å². The molecule has 3 heteroatoms. The molecule has 0 amide bonds. The smallest absolute Gasteiger partial charge is 0.0110 e. The Hall–Kier alpha value is -0.120. The van der Waals surface area contributed by atoms with Gasteiger partial charge in [0.25, 0.3) is 0 Å². The maximum absolute atomic E-state index is 3.47. The lowest BCUT2D eigenvalue weighted by Crippen LogP contribution is -2.37. The molecule has 16 heavy (non-hydrogen) atoms. The Morgan fingerprint density at radius 2 is 1.25 bits per heavy atom. The van der Waals surface area contributed by atoms with Gasteiger partial charge in [0.2, 0.25) is 0 Å². The highest BCUT2D eigenvalue weighted by Gasteiger charge is 2.12. The third-order valence-electron chi connectivity index (χ3n) is 3.86. The van der Waals surface area contributed by atoms with Gasteiger partial charge in [-0.3, -0.25) is 0 Å². The van der Waals surface area contributed by atoms with Crippen molar-refractivity contribution in [3.8, 4) is 0 Å². The fourth-order valence-corrected chi connectivity index (χ4v) is 2.77. The van der Waals surface area contributed by atoms with Gasteiger partial charge in [0, 0.05) is 26.2 Å². The van der Waals surface area contributed by atoms with E-state index >= 15 is 0 Å². The monoisotopic (exact) mass is 225 g/mol. The van der Waals surface area contributed by atoms with Crippen LogP contribution >= 0.6 is 0 Å². The van der Waals surface area contributed by atoms with Crippen molar-refractivity contribution in [2.24, 2.45) is 0 Å². The number of hydrogen-bond donors (Lipinski definition) is 1. The molecule has 2 aliphatic heterocycles. The SMILES string of the molecule is C1CCCN(CCN2CCCNCC2)CC1. The molecule has 0 radical (unpaired) electrons. The molecule has 0 spiro atoms. The molecular weight excluding hydrogens is 198 g/mol. The van der Waals surface area contributed by atoms with Crippen LogP contribution in [0.1, 0.15) is 32.1 Å². The molecule has 0 aromatic heterocycles. The summed E-state index contributed by atoms with van der Waals surface area (Å²) in [5.41, 5.74) is 0. The molecule has 2 heterocycles. The summed E-state index contributed by atoms with van der Waals surface area (Å²) in [7, 11) is 0. The molecule has 0 aromatic carbocycles. The molecule has 0 bridgehead atoms. The average molecular weight is 225 g/mol. The molecular formula is C13H27N3. The predicted octanol–water partition coefficient (Wildman–Crippen LogP) is 1.16. The highest BCUT2D eigenvalue weighted by Crippen LogP contribution is 2.09. The van der Waals surface area contributed by atoms with Gasteiger partial charge in [0.1, 0.15) is 0 Å². The molecule has 2 saturated heterocycles. The maximum Gasteiger partial charge on any atom is 0.0110 e. The Morgan fingerprint density at radius 3 is 2.00 bits per heavy atom. The Bertz CT molecular complexity index is 148. The minimum Gasteiger partial charge on any atom is -0.315 e. The number of nitrogens with zero attached hydrogens (tertiary/aromatic N) is 2. The van der Waals surface area contributed by atoms with Crippen molar-refractivity contribution in [1.82, 2.24) is 15.1 Å². The van der Waals surface area contributed by atoms with Gasteiger partial charge in [-0.15, -0.1) is 0 Å². The first-order valence-corrected chi connectivity index (χ1v) is 7.10. The predicted molar refractivity (Wildman–Crippen MR) is 68.8 cm³/mol. The van der Waals surface area contributed by atoms with Gasteiger partial charge in [0.15, 0.2) is 0 Å². The second-order valence-electron chi connectivity index (χ2n) is 5.20. The zero-order chi connectivity index (χ0) is 11.1. The van der Waals surface area contributed by atoms with Crippen LogP contribution in [0.25, 0.3) is 0 Å². The minimum absolute atomic E-state index is 1.18. The summed E-state index contributed by atoms with van der Waals surface area (Å²) in [5.74, 6) is 0. The van der Waals surface area contributed by atoms with Crippen LogP contribution in [0, 0.1) is 0 Å². The van der Waals surface area contributed by atoms with Crippen LogP contribution in [0.2, 0.25) is 0 Å². The summed E-state index contributed by atoms with van der Waals surface area (Å²) in [4.78, 5) is 5.30. The molecule has 3 nitrogen and oxygen atoms in total. The Labute approximate surface area is 100 Å². The second kappa shape index (κ2) is 7.25. The van der Waals surface area contributed by atoms with E-state index in [0.29, 0.717) is 0 Å². The number of nitrogens with one attached hydrogen (secondary N) is 1. The van der Waals surface area contributed by atoms with Crippen molar-refractivity contribution in [3.63, 3.8) is 0 Å². The fraction of sp³-hybridized carbons (Fsp3) is 1.00. The first-order valence-electron chi connectivity index (χ1n) is 7.10. The van der Waals surface area contributed by atoms with Gasteiger partial charge >= 0.3 is 0 Å². The van der Waals surface area contributed by atoms with Crippen LogP contribution in [-0.4, -0.2) is 62.2 Å². The average Bonchev–Trinajstić information content (AvgIpc) is 2.71. The number of hydrogen-bond acceptors (Lipinski definition) is 3. The van der Waals surface area contributed by atoms with Crippen molar-refractivity contribution >= 4 is 0 Å². The molecule has 0 aliphatic carbocycles. The maximum atomic E-state index is 3.47. The summed E-state index contributed by atoms with van der Waals surface area (Å²) >= 11 is 0. The van der Waals surface area contributed by atoms with E-state index < -0.39 is 0 Å². The Kier molecular flexibility index (Phi) is 5.59. The van der Waals surface area contributed by atoms with E-state index in [0.717, 1.165) is 0 Å². The van der Waals surface area contributed by atoms with Crippen LogP contribution in [0.4, 0.5) is 0 Å². The zero-order valence-electron chi connectivity index (χ0n) is 10.6. The van der Waals surface area contributed by atoms with Crippen LogP contribution in [0.3, 0.4) is 0 Å². The fourth-order valence-electron chi connectivity index (χ4n) is 2.77. The summed E-state index contributed by atoms with van der Waals surface area (Å²) < 4.78 is 0. The number of rotatable bonds is 3. The van der Waals surface area contributed by atoms with Crippen LogP contribution in [-0.2, 0) is 0 Å². The largest absolute Gasteiger partial charge is 0.315 e. The molecule has 0 unspecified atom stereocenters. The lowest BCUT2D eigenvalue weighted by atomic mass is 10.2. The van der Waals surface area contributed by atoms with Crippen molar-refractivity contribution in [2.45, 2.75) is 32.1 Å². The number of likely N-dealkylation sites (tertiary alicyclic amines) is 1. The lowest BCUT2D eigenvalue weighted by Gasteiger charge is -2.25. The van der Waals surface area contributed by atoms with E-state index in [1.54, 1.807) is 0 Å². The molecule has 0 aromatic rings. The standard InChI is InChI=1S/C13H27N3/c1-2-4-9-15(8-3-1)12-13-16-10-5-6-14-7-11-16/h14H,1-13H2. The summed E-state index contributed by atoms with van der Waals surface area (Å²) in [6.07, 6.45) is 7.05. The van der Waals surface area contributed by atoms with Crippen molar-refractivity contribution < 1.29 is 0 Å². The van der Waals surface area contributed by atoms with Gasteiger partial charge in [-0.05, 0) is 45.4 Å². The Balaban J connectivity index is 1.64. The third-order valence-corrected chi connectivity index (χ3v) is 3.86. The normalized spacial score (nSPS) is 26.2. The van der Waals surface area contributed by atoms with E-state index in [-0.39, 0.29) is 0 Å². The molecule has 1 N–H and O–H groups in total. The quantitative estimate of drug-likeness (QED) is 0.777. The van der Waals surface area contributed by atoms with E-state index in [1.807, 2.05) is 0 Å². The van der Waals surface area contributed by atoms with Crippen LogP contribution in [0.15, 0.2) is 0 Å². The van der Waals surface area contributed by atoms with Crippen LogP contribution < -0.4 is 5.32 Å². The van der Waals surface area contributed by atoms with Crippen molar-refractivity contribution in [3.05, 3.63) is 0 Å². The van der Waals surface area contributed by atoms with E-state index in [2.05, 4.69) is 15.1 Å². The van der Waals surface area contributed by atoms with E-state index in [4.69, 9.17) is 0 Å². The molecule has 0 saturated carbocycles. The minimum atomic E-state index is 1.18. The van der Waals surface area contributed by atoms with Crippen molar-refractivity contribution in [2.75, 3.05) is 52.4 Å². The van der Waals surface area contributed by atoms with Gasteiger partial charge in [-0.1, -0.05) is 12.8 Å². The summed E-state index contributed by atoms with van der Waals surface area (Å²) in [6, 6.07) is 0. The first-order chi connectivity index (χ1) is 7.95. The molecule has 0 atom stereocenters.